The molecule has 6 nitrogen and oxygen atoms in total. The first kappa shape index (κ1) is 17.0. The number of nitrogens with one attached hydrogen (secondary N) is 1. The highest BCUT2D eigenvalue weighted by Gasteiger charge is 2.46. The van der Waals surface area contributed by atoms with Gasteiger partial charge in [0.1, 0.15) is 0 Å². The summed E-state index contributed by atoms with van der Waals surface area (Å²) >= 11 is 0. The highest BCUT2D eigenvalue weighted by molar-refractivity contribution is 7.94. The number of hydrogen-bond donors (Lipinski definition) is 1. The Morgan fingerprint density at radius 2 is 1.81 bits per heavy atom. The van der Waals surface area contributed by atoms with Crippen molar-refractivity contribution in [2.45, 2.75) is 10.4 Å². The van der Waals surface area contributed by atoms with Crippen LogP contribution in [-0.2, 0) is 19.9 Å². The van der Waals surface area contributed by atoms with Gasteiger partial charge in [-0.05, 0) is 18.2 Å². The van der Waals surface area contributed by atoms with Crippen molar-refractivity contribution in [2.75, 3.05) is 4.72 Å². The van der Waals surface area contributed by atoms with Crippen LogP contribution in [0, 0.1) is 11.3 Å². The summed E-state index contributed by atoms with van der Waals surface area (Å²) in [4.78, 5) is -0.462. The number of halogens is 3. The lowest BCUT2D eigenvalue weighted by Crippen LogP contribution is -2.29. The number of nitriles is 1. The second-order valence-electron chi connectivity index (χ2n) is 3.56. The van der Waals surface area contributed by atoms with Crippen molar-refractivity contribution >= 4 is 25.5 Å². The molecule has 1 aromatic rings. The Morgan fingerprint density at radius 1 is 1.19 bits per heavy atom. The number of sulfone groups is 1. The average Bonchev–Trinajstić information content (AvgIpc) is 2.35. The molecule has 114 valence electrons. The molecular formula is C10H7F3N2O4S2. The molecule has 1 rings (SSSR count). The number of anilines is 1. The van der Waals surface area contributed by atoms with Crippen LogP contribution in [0.25, 0.3) is 0 Å². The number of rotatable bonds is 4. The van der Waals surface area contributed by atoms with Gasteiger partial charge < -0.3 is 0 Å². The van der Waals surface area contributed by atoms with Gasteiger partial charge in [-0.2, -0.15) is 26.9 Å². The van der Waals surface area contributed by atoms with Crippen molar-refractivity contribution in [1.82, 2.24) is 0 Å². The zero-order valence-corrected chi connectivity index (χ0v) is 11.6. The van der Waals surface area contributed by atoms with Gasteiger partial charge in [-0.15, -0.1) is 0 Å². The van der Waals surface area contributed by atoms with Crippen LogP contribution in [0.3, 0.4) is 0 Å². The number of benzene rings is 1. The largest absolute Gasteiger partial charge is 0.516 e. The number of sulfonamides is 1. The number of alkyl halides is 3. The van der Waals surface area contributed by atoms with Crippen LogP contribution in [0.4, 0.5) is 18.9 Å². The standard InChI is InChI=1S/C10H7F3N2O4S2/c11-10(12,13)21(18,19)15-8-3-1-4-9(7-8)20(16,17)6-2-5-14/h1-4,6-7,15H. The van der Waals surface area contributed by atoms with Crippen molar-refractivity contribution < 1.29 is 30.0 Å². The maximum atomic E-state index is 12.2. The molecule has 0 aliphatic carbocycles. The smallest absolute Gasteiger partial charge is 0.276 e. The molecule has 0 atom stereocenters. The first-order valence-electron chi connectivity index (χ1n) is 5.00. The van der Waals surface area contributed by atoms with Gasteiger partial charge >= 0.3 is 15.5 Å². The van der Waals surface area contributed by atoms with Gasteiger partial charge in [-0.3, -0.25) is 4.72 Å². The van der Waals surface area contributed by atoms with E-state index in [9.17, 15) is 30.0 Å². The highest BCUT2D eigenvalue weighted by atomic mass is 32.2. The van der Waals surface area contributed by atoms with Crippen LogP contribution in [0.15, 0.2) is 40.6 Å². The molecule has 0 spiro atoms. The number of nitrogens with zero attached hydrogens (tertiary/aromatic N) is 1. The SMILES string of the molecule is N#CC=CS(=O)(=O)c1cccc(NS(=O)(=O)C(F)(F)F)c1. The quantitative estimate of drug-likeness (QED) is 0.841. The average molecular weight is 340 g/mol. The van der Waals surface area contributed by atoms with E-state index in [4.69, 9.17) is 5.26 Å². The molecule has 11 heteroatoms. The van der Waals surface area contributed by atoms with Crippen LogP contribution in [0.5, 0.6) is 0 Å². The minimum atomic E-state index is -5.65. The summed E-state index contributed by atoms with van der Waals surface area (Å²) in [6, 6.07) is 5.21. The maximum absolute atomic E-state index is 12.2. The van der Waals surface area contributed by atoms with Gasteiger partial charge in [0.2, 0.25) is 9.84 Å². The minimum absolute atomic E-state index is 0.462. The molecular weight excluding hydrogens is 333 g/mol. The Kier molecular flexibility index (Phi) is 4.65. The second-order valence-corrected chi connectivity index (χ2v) is 7.06. The topological polar surface area (TPSA) is 104 Å². The summed E-state index contributed by atoms with van der Waals surface area (Å²) in [6.07, 6.45) is 0.669. The molecule has 0 unspecified atom stereocenters. The van der Waals surface area contributed by atoms with Crippen LogP contribution < -0.4 is 4.72 Å². The third-order valence-corrected chi connectivity index (χ3v) is 4.56. The highest BCUT2D eigenvalue weighted by Crippen LogP contribution is 2.26. The normalized spacial score (nSPS) is 13.0. The minimum Gasteiger partial charge on any atom is -0.276 e. The predicted octanol–water partition coefficient (Wildman–Crippen LogP) is 1.76. The number of hydrogen-bond acceptors (Lipinski definition) is 5. The molecule has 21 heavy (non-hydrogen) atoms. The van der Waals surface area contributed by atoms with Crippen molar-refractivity contribution in [3.8, 4) is 6.07 Å². The third-order valence-electron chi connectivity index (χ3n) is 2.04. The van der Waals surface area contributed by atoms with Crippen molar-refractivity contribution in [1.29, 1.82) is 5.26 Å². The Labute approximate surface area is 118 Å². The van der Waals surface area contributed by atoms with Crippen LogP contribution in [0.1, 0.15) is 0 Å². The molecule has 0 aliphatic heterocycles. The molecule has 0 aromatic heterocycles. The summed E-state index contributed by atoms with van der Waals surface area (Å²) in [5.41, 5.74) is -6.10. The molecule has 0 bridgehead atoms. The zero-order chi connectivity index (χ0) is 16.3. The molecule has 1 aromatic carbocycles. The molecule has 0 heterocycles. The lowest BCUT2D eigenvalue weighted by molar-refractivity contribution is -0.0429. The second kappa shape index (κ2) is 5.74. The van der Waals surface area contributed by atoms with E-state index >= 15 is 0 Å². The van der Waals surface area contributed by atoms with Gasteiger partial charge in [0.05, 0.1) is 16.7 Å². The van der Waals surface area contributed by atoms with Crippen LogP contribution in [0.2, 0.25) is 0 Å². The molecule has 0 radical (unpaired) electrons. The molecule has 0 amide bonds. The molecule has 0 saturated heterocycles. The van der Waals surface area contributed by atoms with E-state index in [1.807, 2.05) is 0 Å². The van der Waals surface area contributed by atoms with Gasteiger partial charge in [0.25, 0.3) is 0 Å². The monoisotopic (exact) mass is 340 g/mol. The summed E-state index contributed by atoms with van der Waals surface area (Å²) in [6.45, 7) is 0. The summed E-state index contributed by atoms with van der Waals surface area (Å²) in [5.74, 6) is 0. The van der Waals surface area contributed by atoms with E-state index in [0.717, 1.165) is 18.2 Å². The van der Waals surface area contributed by atoms with E-state index in [-0.39, 0.29) is 0 Å². The fraction of sp³-hybridized carbons (Fsp3) is 0.100. The number of allylic oxidation sites excluding steroid dienone is 1. The van der Waals surface area contributed by atoms with Gasteiger partial charge in [-0.25, -0.2) is 8.42 Å². The lowest BCUT2D eigenvalue weighted by Gasteiger charge is -2.11. The van der Waals surface area contributed by atoms with E-state index in [2.05, 4.69) is 0 Å². The summed E-state index contributed by atoms with van der Waals surface area (Å²) in [5, 5.41) is 8.80. The van der Waals surface area contributed by atoms with E-state index in [0.29, 0.717) is 17.6 Å². The first-order chi connectivity index (χ1) is 9.49. The summed E-state index contributed by atoms with van der Waals surface area (Å²) < 4.78 is 83.0. The maximum Gasteiger partial charge on any atom is 0.516 e. The lowest BCUT2D eigenvalue weighted by atomic mass is 10.3. The van der Waals surface area contributed by atoms with Gasteiger partial charge in [-0.1, -0.05) is 6.07 Å². The Balaban J connectivity index is 3.21. The Bertz CT molecular complexity index is 805. The van der Waals surface area contributed by atoms with Gasteiger partial charge in [0, 0.05) is 11.5 Å². The van der Waals surface area contributed by atoms with E-state index < -0.39 is 36.0 Å². The molecule has 0 saturated carbocycles. The van der Waals surface area contributed by atoms with E-state index in [1.54, 1.807) is 0 Å². The fourth-order valence-electron chi connectivity index (χ4n) is 1.15. The van der Waals surface area contributed by atoms with Crippen LogP contribution in [-0.4, -0.2) is 22.3 Å². The Morgan fingerprint density at radius 3 is 2.33 bits per heavy atom. The molecule has 0 aliphatic rings. The van der Waals surface area contributed by atoms with Gasteiger partial charge in [0.15, 0.2) is 0 Å². The molecule has 1 N–H and O–H groups in total. The predicted molar refractivity (Wildman–Crippen MR) is 67.0 cm³/mol. The van der Waals surface area contributed by atoms with Crippen molar-refractivity contribution in [3.63, 3.8) is 0 Å². The fourth-order valence-corrected chi connectivity index (χ4v) is 2.66. The summed E-state index contributed by atoms with van der Waals surface area (Å²) in [7, 11) is -9.70. The van der Waals surface area contributed by atoms with Crippen molar-refractivity contribution in [2.24, 2.45) is 0 Å². The van der Waals surface area contributed by atoms with Crippen LogP contribution >= 0.6 is 0 Å². The third kappa shape index (κ3) is 4.20. The Hall–Kier alpha value is -2.06. The van der Waals surface area contributed by atoms with Crippen molar-refractivity contribution in [3.05, 3.63) is 35.7 Å². The molecule has 0 fully saturated rings. The first-order valence-corrected chi connectivity index (χ1v) is 8.03. The van der Waals surface area contributed by atoms with E-state index in [1.165, 1.54) is 10.8 Å². The zero-order valence-electron chi connectivity index (χ0n) is 9.99.